The third-order valence-electron chi connectivity index (χ3n) is 5.15. The molecule has 1 heterocycles. The topological polar surface area (TPSA) is 94.2 Å². The largest absolute Gasteiger partial charge is 0.495 e. The van der Waals surface area contributed by atoms with Crippen LogP contribution in [0.3, 0.4) is 0 Å². The monoisotopic (exact) mass is 468 g/mol. The van der Waals surface area contributed by atoms with E-state index in [1.807, 2.05) is 6.07 Å². The molecule has 0 spiro atoms. The van der Waals surface area contributed by atoms with Gasteiger partial charge in [-0.1, -0.05) is 30.3 Å². The number of ether oxygens (including phenoxy) is 3. The molecule has 3 aromatic carbocycles. The Kier molecular flexibility index (Phi) is 6.41. The SMILES string of the molecule is COc1ccc(C)cc1S(=O)(=O)N(CC(=O)NCc1ccc2c(c1)OCO2)c1ccccc1. The molecule has 172 valence electrons. The molecule has 4 rings (SSSR count). The van der Waals surface area contributed by atoms with Gasteiger partial charge in [0.05, 0.1) is 12.8 Å². The lowest BCUT2D eigenvalue weighted by atomic mass is 10.2. The van der Waals surface area contributed by atoms with Crippen molar-refractivity contribution in [2.45, 2.75) is 18.4 Å². The zero-order chi connectivity index (χ0) is 23.4. The molecule has 1 aliphatic heterocycles. The smallest absolute Gasteiger partial charge is 0.268 e. The summed E-state index contributed by atoms with van der Waals surface area (Å²) >= 11 is 0. The van der Waals surface area contributed by atoms with Gasteiger partial charge in [-0.3, -0.25) is 9.10 Å². The van der Waals surface area contributed by atoms with Gasteiger partial charge in [-0.2, -0.15) is 0 Å². The standard InChI is InChI=1S/C24H24N2O6S/c1-17-8-10-21(30-2)23(12-17)33(28,29)26(19-6-4-3-5-7-19)15-24(27)25-14-18-9-11-20-22(13-18)32-16-31-20/h3-13H,14-16H2,1-2H3,(H,25,27). The molecule has 0 unspecified atom stereocenters. The highest BCUT2D eigenvalue weighted by Gasteiger charge is 2.30. The summed E-state index contributed by atoms with van der Waals surface area (Å²) in [6.07, 6.45) is 0. The molecule has 1 N–H and O–H groups in total. The number of aryl methyl sites for hydroxylation is 1. The van der Waals surface area contributed by atoms with Crippen LogP contribution < -0.4 is 23.8 Å². The number of amides is 1. The molecular formula is C24H24N2O6S. The Morgan fingerprint density at radius 1 is 1.03 bits per heavy atom. The van der Waals surface area contributed by atoms with Crippen molar-refractivity contribution in [3.8, 4) is 17.2 Å². The molecule has 0 fully saturated rings. The molecule has 9 heteroatoms. The Hall–Kier alpha value is -3.72. The van der Waals surface area contributed by atoms with E-state index in [1.165, 1.54) is 13.2 Å². The van der Waals surface area contributed by atoms with Crippen LogP contribution in [0.5, 0.6) is 17.2 Å². The summed E-state index contributed by atoms with van der Waals surface area (Å²) in [4.78, 5) is 12.8. The summed E-state index contributed by atoms with van der Waals surface area (Å²) in [5.74, 6) is 1.02. The van der Waals surface area contributed by atoms with Gasteiger partial charge in [0.25, 0.3) is 10.0 Å². The fourth-order valence-corrected chi connectivity index (χ4v) is 5.12. The minimum atomic E-state index is -4.09. The lowest BCUT2D eigenvalue weighted by Gasteiger charge is -2.25. The average Bonchev–Trinajstić information content (AvgIpc) is 3.29. The zero-order valence-corrected chi connectivity index (χ0v) is 19.1. The summed E-state index contributed by atoms with van der Waals surface area (Å²) in [5.41, 5.74) is 1.94. The average molecular weight is 469 g/mol. The van der Waals surface area contributed by atoms with Crippen molar-refractivity contribution in [2.75, 3.05) is 24.8 Å². The van der Waals surface area contributed by atoms with E-state index in [9.17, 15) is 13.2 Å². The number of para-hydroxylation sites is 1. The number of methoxy groups -OCH3 is 1. The second-order valence-electron chi connectivity index (χ2n) is 7.47. The van der Waals surface area contributed by atoms with Crippen molar-refractivity contribution in [1.29, 1.82) is 0 Å². The lowest BCUT2D eigenvalue weighted by Crippen LogP contribution is -2.40. The van der Waals surface area contributed by atoms with Crippen LogP contribution in [0.2, 0.25) is 0 Å². The second kappa shape index (κ2) is 9.41. The van der Waals surface area contributed by atoms with Crippen LogP contribution in [0.25, 0.3) is 0 Å². The summed E-state index contributed by atoms with van der Waals surface area (Å²) < 4.78 is 44.3. The lowest BCUT2D eigenvalue weighted by molar-refractivity contribution is -0.119. The van der Waals surface area contributed by atoms with E-state index in [2.05, 4.69) is 5.32 Å². The Labute approximate surface area is 192 Å². The van der Waals surface area contributed by atoms with Crippen molar-refractivity contribution in [2.24, 2.45) is 0 Å². The van der Waals surface area contributed by atoms with Gasteiger partial charge >= 0.3 is 0 Å². The molecule has 0 saturated carbocycles. The second-order valence-corrected chi connectivity index (χ2v) is 9.30. The minimum absolute atomic E-state index is 0.00239. The van der Waals surface area contributed by atoms with Crippen LogP contribution in [0.15, 0.2) is 71.6 Å². The highest BCUT2D eigenvalue weighted by atomic mass is 32.2. The van der Waals surface area contributed by atoms with Crippen LogP contribution in [0, 0.1) is 6.92 Å². The number of nitrogens with zero attached hydrogens (tertiary/aromatic N) is 1. The van der Waals surface area contributed by atoms with Crippen LogP contribution in [-0.2, 0) is 21.4 Å². The number of fused-ring (bicyclic) bond motifs is 1. The Balaban J connectivity index is 1.58. The van der Waals surface area contributed by atoms with Crippen molar-refractivity contribution < 1.29 is 27.4 Å². The number of hydrogen-bond acceptors (Lipinski definition) is 6. The number of hydrogen-bond donors (Lipinski definition) is 1. The number of rotatable bonds is 8. The molecule has 0 bridgehead atoms. The van der Waals surface area contributed by atoms with Crippen molar-refractivity contribution >= 4 is 21.6 Å². The van der Waals surface area contributed by atoms with E-state index in [-0.39, 0.29) is 24.0 Å². The van der Waals surface area contributed by atoms with Crippen molar-refractivity contribution in [3.05, 3.63) is 77.9 Å². The first-order valence-corrected chi connectivity index (χ1v) is 11.7. The van der Waals surface area contributed by atoms with Gasteiger partial charge in [-0.15, -0.1) is 0 Å². The fraction of sp³-hybridized carbons (Fsp3) is 0.208. The van der Waals surface area contributed by atoms with Crippen LogP contribution >= 0.6 is 0 Å². The zero-order valence-electron chi connectivity index (χ0n) is 18.3. The molecule has 0 radical (unpaired) electrons. The van der Waals surface area contributed by atoms with E-state index >= 15 is 0 Å². The molecular weight excluding hydrogens is 444 g/mol. The van der Waals surface area contributed by atoms with Crippen LogP contribution in [0.4, 0.5) is 5.69 Å². The summed E-state index contributed by atoms with van der Waals surface area (Å²) in [5, 5.41) is 2.78. The third-order valence-corrected chi connectivity index (χ3v) is 6.94. The summed E-state index contributed by atoms with van der Waals surface area (Å²) in [6.45, 7) is 1.78. The molecule has 3 aromatic rings. The molecule has 0 aromatic heterocycles. The molecule has 1 amide bonds. The first kappa shape index (κ1) is 22.5. The maximum atomic E-state index is 13.6. The van der Waals surface area contributed by atoms with Gasteiger partial charge in [0.1, 0.15) is 17.2 Å². The quantitative estimate of drug-likeness (QED) is 0.546. The van der Waals surface area contributed by atoms with Gasteiger partial charge in [0.15, 0.2) is 11.5 Å². The number of benzene rings is 3. The molecule has 8 nitrogen and oxygen atoms in total. The fourth-order valence-electron chi connectivity index (χ4n) is 3.45. The summed E-state index contributed by atoms with van der Waals surface area (Å²) in [7, 11) is -2.68. The van der Waals surface area contributed by atoms with Gasteiger partial charge in [0, 0.05) is 6.54 Å². The predicted molar refractivity (Wildman–Crippen MR) is 123 cm³/mol. The van der Waals surface area contributed by atoms with Gasteiger partial charge in [-0.05, 0) is 54.4 Å². The normalized spacial score (nSPS) is 12.3. The number of carbonyl (C=O) groups is 1. The number of sulfonamides is 1. The molecule has 0 atom stereocenters. The minimum Gasteiger partial charge on any atom is -0.495 e. The van der Waals surface area contributed by atoms with Gasteiger partial charge in [-0.25, -0.2) is 8.42 Å². The Morgan fingerprint density at radius 2 is 1.79 bits per heavy atom. The first-order valence-electron chi connectivity index (χ1n) is 10.3. The van der Waals surface area contributed by atoms with Gasteiger partial charge in [0.2, 0.25) is 12.7 Å². The number of carbonyl (C=O) groups excluding carboxylic acids is 1. The van der Waals surface area contributed by atoms with Crippen LogP contribution in [-0.4, -0.2) is 34.8 Å². The van der Waals surface area contributed by atoms with Crippen LogP contribution in [0.1, 0.15) is 11.1 Å². The molecule has 1 aliphatic rings. The highest BCUT2D eigenvalue weighted by molar-refractivity contribution is 7.93. The van der Waals surface area contributed by atoms with E-state index < -0.39 is 22.5 Å². The summed E-state index contributed by atoms with van der Waals surface area (Å²) in [6, 6.07) is 18.8. The van der Waals surface area contributed by atoms with Crippen molar-refractivity contribution in [3.63, 3.8) is 0 Å². The van der Waals surface area contributed by atoms with E-state index in [4.69, 9.17) is 14.2 Å². The maximum absolute atomic E-state index is 13.6. The third kappa shape index (κ3) is 4.88. The van der Waals surface area contributed by atoms with E-state index in [0.29, 0.717) is 17.2 Å². The molecule has 0 aliphatic carbocycles. The van der Waals surface area contributed by atoms with E-state index in [1.54, 1.807) is 61.5 Å². The first-order chi connectivity index (χ1) is 15.9. The number of anilines is 1. The van der Waals surface area contributed by atoms with Crippen molar-refractivity contribution in [1.82, 2.24) is 5.32 Å². The maximum Gasteiger partial charge on any atom is 0.268 e. The molecule has 0 saturated heterocycles. The Morgan fingerprint density at radius 3 is 2.55 bits per heavy atom. The highest BCUT2D eigenvalue weighted by Crippen LogP contribution is 2.33. The number of nitrogens with one attached hydrogen (secondary N) is 1. The predicted octanol–water partition coefficient (Wildman–Crippen LogP) is 3.24. The van der Waals surface area contributed by atoms with E-state index in [0.717, 1.165) is 15.4 Å². The molecule has 33 heavy (non-hydrogen) atoms. The Bertz CT molecular complexity index is 1260. The van der Waals surface area contributed by atoms with Gasteiger partial charge < -0.3 is 19.5 Å².